The zero-order valence-electron chi connectivity index (χ0n) is 11.9. The van der Waals surface area contributed by atoms with Gasteiger partial charge in [0.1, 0.15) is 5.75 Å². The topological polar surface area (TPSA) is 55.6 Å². The number of methoxy groups -OCH3 is 1. The minimum Gasteiger partial charge on any atom is -0.496 e. The normalized spacial score (nSPS) is 20.6. The molecule has 2 rings (SSSR count). The molecule has 1 aromatic carbocycles. The summed E-state index contributed by atoms with van der Waals surface area (Å²) in [5, 5.41) is 0.561. The highest BCUT2D eigenvalue weighted by molar-refractivity contribution is 6.30. The number of amides is 1. The number of hydrogen-bond donors (Lipinski definition) is 1. The van der Waals surface area contributed by atoms with Crippen LogP contribution in [-0.2, 0) is 0 Å². The Labute approximate surface area is 124 Å². The molecule has 1 saturated heterocycles. The zero-order valence-corrected chi connectivity index (χ0v) is 12.7. The van der Waals surface area contributed by atoms with Gasteiger partial charge in [-0.2, -0.15) is 0 Å². The van der Waals surface area contributed by atoms with E-state index in [0.717, 1.165) is 19.4 Å². The first-order chi connectivity index (χ1) is 9.52. The molecule has 0 radical (unpaired) electrons. The SMILES string of the molecule is COc1cc(Cl)ccc1C(=O)N1CCC[C@H]([C@@H](C)N)C1. The summed E-state index contributed by atoms with van der Waals surface area (Å²) in [6.07, 6.45) is 2.08. The van der Waals surface area contributed by atoms with Crippen molar-refractivity contribution in [2.75, 3.05) is 20.2 Å². The number of likely N-dealkylation sites (tertiary alicyclic amines) is 1. The summed E-state index contributed by atoms with van der Waals surface area (Å²) in [5.74, 6) is 0.875. The molecule has 1 amide bonds. The van der Waals surface area contributed by atoms with Gasteiger partial charge in [0.15, 0.2) is 0 Å². The Hall–Kier alpha value is -1.26. The van der Waals surface area contributed by atoms with Crippen molar-refractivity contribution in [1.29, 1.82) is 0 Å². The monoisotopic (exact) mass is 296 g/mol. The second-order valence-electron chi connectivity index (χ2n) is 5.36. The highest BCUT2D eigenvalue weighted by Crippen LogP contribution is 2.27. The fraction of sp³-hybridized carbons (Fsp3) is 0.533. The lowest BCUT2D eigenvalue weighted by Crippen LogP contribution is -2.45. The van der Waals surface area contributed by atoms with Crippen molar-refractivity contribution in [2.24, 2.45) is 11.7 Å². The molecule has 1 aliphatic rings. The van der Waals surface area contributed by atoms with Crippen molar-refractivity contribution in [3.05, 3.63) is 28.8 Å². The summed E-state index contributed by atoms with van der Waals surface area (Å²) in [6, 6.07) is 5.21. The van der Waals surface area contributed by atoms with Crippen molar-refractivity contribution < 1.29 is 9.53 Å². The van der Waals surface area contributed by atoms with E-state index in [-0.39, 0.29) is 11.9 Å². The number of nitrogens with two attached hydrogens (primary N) is 1. The quantitative estimate of drug-likeness (QED) is 0.932. The van der Waals surface area contributed by atoms with Gasteiger partial charge in [0, 0.05) is 24.2 Å². The molecule has 1 heterocycles. The number of ether oxygens (including phenoxy) is 1. The van der Waals surface area contributed by atoms with Gasteiger partial charge < -0.3 is 15.4 Å². The van der Waals surface area contributed by atoms with Gasteiger partial charge in [-0.1, -0.05) is 11.6 Å². The maximum atomic E-state index is 12.6. The van der Waals surface area contributed by atoms with E-state index in [1.165, 1.54) is 0 Å². The minimum absolute atomic E-state index is 0.0103. The summed E-state index contributed by atoms with van der Waals surface area (Å²) >= 11 is 5.93. The van der Waals surface area contributed by atoms with E-state index >= 15 is 0 Å². The molecule has 5 heteroatoms. The zero-order chi connectivity index (χ0) is 14.7. The second kappa shape index (κ2) is 6.46. The summed E-state index contributed by atoms with van der Waals surface area (Å²) in [7, 11) is 1.55. The van der Waals surface area contributed by atoms with Gasteiger partial charge in [-0.25, -0.2) is 0 Å². The maximum Gasteiger partial charge on any atom is 0.257 e. The number of benzene rings is 1. The first-order valence-electron chi connectivity index (χ1n) is 6.91. The van der Waals surface area contributed by atoms with Crippen molar-refractivity contribution in [3.8, 4) is 5.75 Å². The third-order valence-electron chi connectivity index (χ3n) is 3.88. The van der Waals surface area contributed by atoms with Crippen LogP contribution in [0.4, 0.5) is 0 Å². The van der Waals surface area contributed by atoms with Gasteiger partial charge in [0.05, 0.1) is 12.7 Å². The highest BCUT2D eigenvalue weighted by atomic mass is 35.5. The molecule has 20 heavy (non-hydrogen) atoms. The number of nitrogens with zero attached hydrogens (tertiary/aromatic N) is 1. The Morgan fingerprint density at radius 2 is 2.30 bits per heavy atom. The standard InChI is InChI=1S/C15H21ClN2O2/c1-10(17)11-4-3-7-18(9-11)15(19)13-6-5-12(16)8-14(13)20-2/h5-6,8,10-11H,3-4,7,9,17H2,1-2H3/t10-,11+/m1/s1. The van der Waals surface area contributed by atoms with Crippen LogP contribution in [0.25, 0.3) is 0 Å². The predicted molar refractivity (Wildman–Crippen MR) is 80.3 cm³/mol. The van der Waals surface area contributed by atoms with Crippen LogP contribution < -0.4 is 10.5 Å². The minimum atomic E-state index is -0.0103. The molecule has 1 fully saturated rings. The highest BCUT2D eigenvalue weighted by Gasteiger charge is 2.27. The lowest BCUT2D eigenvalue weighted by atomic mass is 9.92. The Morgan fingerprint density at radius 3 is 2.95 bits per heavy atom. The second-order valence-corrected chi connectivity index (χ2v) is 5.79. The van der Waals surface area contributed by atoms with Crippen LogP contribution >= 0.6 is 11.6 Å². The van der Waals surface area contributed by atoms with Crippen molar-refractivity contribution in [1.82, 2.24) is 4.90 Å². The van der Waals surface area contributed by atoms with E-state index in [1.54, 1.807) is 25.3 Å². The van der Waals surface area contributed by atoms with E-state index in [9.17, 15) is 4.79 Å². The number of carbonyl (C=O) groups excluding carboxylic acids is 1. The molecule has 110 valence electrons. The number of piperidine rings is 1. The van der Waals surface area contributed by atoms with Crippen LogP contribution in [-0.4, -0.2) is 37.0 Å². The van der Waals surface area contributed by atoms with Crippen molar-refractivity contribution in [2.45, 2.75) is 25.8 Å². The average molecular weight is 297 g/mol. The van der Waals surface area contributed by atoms with Crippen LogP contribution in [0.3, 0.4) is 0 Å². The number of hydrogen-bond acceptors (Lipinski definition) is 3. The largest absolute Gasteiger partial charge is 0.496 e. The summed E-state index contributed by atoms with van der Waals surface area (Å²) in [4.78, 5) is 14.5. The Balaban J connectivity index is 2.18. The molecule has 0 aliphatic carbocycles. The van der Waals surface area contributed by atoms with E-state index in [2.05, 4.69) is 0 Å². The molecule has 2 atom stereocenters. The van der Waals surface area contributed by atoms with E-state index in [1.807, 2.05) is 11.8 Å². The van der Waals surface area contributed by atoms with Gasteiger partial charge in [-0.3, -0.25) is 4.79 Å². The van der Waals surface area contributed by atoms with Gasteiger partial charge in [-0.05, 0) is 43.9 Å². The van der Waals surface area contributed by atoms with Crippen LogP contribution in [0, 0.1) is 5.92 Å². The van der Waals surface area contributed by atoms with E-state index in [4.69, 9.17) is 22.1 Å². The van der Waals surface area contributed by atoms with Crippen LogP contribution in [0.2, 0.25) is 5.02 Å². The molecular weight excluding hydrogens is 276 g/mol. The smallest absolute Gasteiger partial charge is 0.257 e. The lowest BCUT2D eigenvalue weighted by Gasteiger charge is -2.34. The van der Waals surface area contributed by atoms with Gasteiger partial charge in [0.2, 0.25) is 0 Å². The summed E-state index contributed by atoms with van der Waals surface area (Å²) in [6.45, 7) is 3.48. The molecule has 2 N–H and O–H groups in total. The molecule has 0 spiro atoms. The molecule has 4 nitrogen and oxygen atoms in total. The average Bonchev–Trinajstić information content (AvgIpc) is 2.46. The molecular formula is C15H21ClN2O2. The Morgan fingerprint density at radius 1 is 1.55 bits per heavy atom. The predicted octanol–water partition coefficient (Wildman–Crippen LogP) is 2.55. The number of carbonyl (C=O) groups is 1. The molecule has 0 saturated carbocycles. The lowest BCUT2D eigenvalue weighted by molar-refractivity contribution is 0.0657. The Kier molecular flexibility index (Phi) is 4.89. The molecule has 1 aliphatic heterocycles. The van der Waals surface area contributed by atoms with Crippen molar-refractivity contribution in [3.63, 3.8) is 0 Å². The maximum absolute atomic E-state index is 12.6. The van der Waals surface area contributed by atoms with Crippen LogP contribution in [0.1, 0.15) is 30.1 Å². The molecule has 0 unspecified atom stereocenters. The first kappa shape index (κ1) is 15.1. The fourth-order valence-electron chi connectivity index (χ4n) is 2.64. The fourth-order valence-corrected chi connectivity index (χ4v) is 2.80. The van der Waals surface area contributed by atoms with E-state index in [0.29, 0.717) is 28.8 Å². The van der Waals surface area contributed by atoms with E-state index < -0.39 is 0 Å². The molecule has 0 aromatic heterocycles. The summed E-state index contributed by atoms with van der Waals surface area (Å²) in [5.41, 5.74) is 6.52. The van der Waals surface area contributed by atoms with Crippen LogP contribution in [0.5, 0.6) is 5.75 Å². The van der Waals surface area contributed by atoms with Crippen LogP contribution in [0.15, 0.2) is 18.2 Å². The number of rotatable bonds is 3. The molecule has 1 aromatic rings. The molecule has 0 bridgehead atoms. The van der Waals surface area contributed by atoms with Gasteiger partial charge in [0.25, 0.3) is 5.91 Å². The van der Waals surface area contributed by atoms with Gasteiger partial charge >= 0.3 is 0 Å². The van der Waals surface area contributed by atoms with Crippen molar-refractivity contribution >= 4 is 17.5 Å². The van der Waals surface area contributed by atoms with Gasteiger partial charge in [-0.15, -0.1) is 0 Å². The first-order valence-corrected chi connectivity index (χ1v) is 7.29. The third-order valence-corrected chi connectivity index (χ3v) is 4.12. The Bertz CT molecular complexity index is 491. The summed E-state index contributed by atoms with van der Waals surface area (Å²) < 4.78 is 5.26. The number of halogens is 1. The third kappa shape index (κ3) is 3.25.